The highest BCUT2D eigenvalue weighted by Crippen LogP contribution is 2.11. The Kier molecular flexibility index (Phi) is 2.94. The van der Waals surface area contributed by atoms with Crippen molar-refractivity contribution in [3.8, 4) is 0 Å². The van der Waals surface area contributed by atoms with Crippen LogP contribution in [-0.2, 0) is 13.6 Å². The minimum atomic E-state index is -0.109. The third-order valence-corrected chi connectivity index (χ3v) is 3.03. The van der Waals surface area contributed by atoms with Crippen LogP contribution < -0.4 is 0 Å². The van der Waals surface area contributed by atoms with Gasteiger partial charge in [0.15, 0.2) is 5.65 Å². The van der Waals surface area contributed by atoms with Crippen molar-refractivity contribution in [1.29, 1.82) is 0 Å². The molecule has 0 unspecified atom stereocenters. The molecule has 7 nitrogen and oxygen atoms in total. The summed E-state index contributed by atoms with van der Waals surface area (Å²) in [6, 6.07) is 1.77. The number of hydrogen-bond acceptors (Lipinski definition) is 4. The normalized spacial score (nSPS) is 10.9. The molecule has 0 aliphatic heterocycles. The molecule has 0 N–H and O–H groups in total. The van der Waals surface area contributed by atoms with Crippen molar-refractivity contribution in [3.05, 3.63) is 48.2 Å². The Hall–Kier alpha value is -2.70. The number of rotatable bonds is 3. The third-order valence-electron chi connectivity index (χ3n) is 3.03. The molecule has 0 aromatic carbocycles. The van der Waals surface area contributed by atoms with E-state index in [0.717, 1.165) is 5.56 Å². The molecule has 20 heavy (non-hydrogen) atoms. The molecule has 0 fully saturated rings. The molecule has 102 valence electrons. The summed E-state index contributed by atoms with van der Waals surface area (Å²) in [6.45, 7) is 0.497. The molecule has 3 aromatic heterocycles. The van der Waals surface area contributed by atoms with Crippen molar-refractivity contribution in [3.63, 3.8) is 0 Å². The Labute approximate surface area is 115 Å². The van der Waals surface area contributed by atoms with Crippen molar-refractivity contribution >= 4 is 11.6 Å². The summed E-state index contributed by atoms with van der Waals surface area (Å²) in [7, 11) is 3.60. The van der Waals surface area contributed by atoms with Gasteiger partial charge in [-0.3, -0.25) is 9.48 Å². The van der Waals surface area contributed by atoms with E-state index in [2.05, 4.69) is 15.2 Å². The first-order valence-corrected chi connectivity index (χ1v) is 6.16. The molecule has 0 atom stereocenters. The van der Waals surface area contributed by atoms with E-state index in [1.54, 1.807) is 52.0 Å². The maximum absolute atomic E-state index is 12.4. The number of amides is 1. The molecular formula is C13H14N6O. The smallest absolute Gasteiger partial charge is 0.259 e. The average Bonchev–Trinajstić information content (AvgIpc) is 3.04. The maximum Gasteiger partial charge on any atom is 0.259 e. The van der Waals surface area contributed by atoms with Crippen LogP contribution in [0.2, 0.25) is 0 Å². The summed E-state index contributed by atoms with van der Waals surface area (Å²) in [5.74, 6) is -0.109. The van der Waals surface area contributed by atoms with Gasteiger partial charge in [-0.1, -0.05) is 0 Å². The summed E-state index contributed by atoms with van der Waals surface area (Å²) in [5, 5.41) is 8.22. The second-order valence-electron chi connectivity index (χ2n) is 4.63. The zero-order chi connectivity index (χ0) is 14.1. The molecule has 0 aliphatic rings. The van der Waals surface area contributed by atoms with Crippen molar-refractivity contribution in [2.75, 3.05) is 7.05 Å². The number of carbonyl (C=O) groups excluding carboxylic acids is 1. The largest absolute Gasteiger partial charge is 0.337 e. The van der Waals surface area contributed by atoms with Crippen LogP contribution in [0.15, 0.2) is 37.1 Å². The van der Waals surface area contributed by atoms with Gasteiger partial charge in [0, 0.05) is 44.8 Å². The van der Waals surface area contributed by atoms with Crippen LogP contribution in [0.5, 0.6) is 0 Å². The highest BCUT2D eigenvalue weighted by atomic mass is 16.2. The lowest BCUT2D eigenvalue weighted by atomic mass is 10.2. The fraction of sp³-hybridized carbons (Fsp3) is 0.231. The SMILES string of the molecule is CN(Cc1cnn(C)c1)C(=O)c1cnn2cccnc12. The van der Waals surface area contributed by atoms with Gasteiger partial charge in [-0.15, -0.1) is 0 Å². The topological polar surface area (TPSA) is 68.3 Å². The predicted molar refractivity (Wildman–Crippen MR) is 72.0 cm³/mol. The zero-order valence-electron chi connectivity index (χ0n) is 11.3. The van der Waals surface area contributed by atoms with E-state index >= 15 is 0 Å². The van der Waals surface area contributed by atoms with Crippen molar-refractivity contribution in [1.82, 2.24) is 29.3 Å². The van der Waals surface area contributed by atoms with Crippen LogP contribution in [0, 0.1) is 0 Å². The number of hydrogen-bond donors (Lipinski definition) is 0. The first-order valence-electron chi connectivity index (χ1n) is 6.16. The molecular weight excluding hydrogens is 256 g/mol. The van der Waals surface area contributed by atoms with Crippen LogP contribution >= 0.6 is 0 Å². The van der Waals surface area contributed by atoms with Gasteiger partial charge >= 0.3 is 0 Å². The number of fused-ring (bicyclic) bond motifs is 1. The molecule has 7 heteroatoms. The van der Waals surface area contributed by atoms with Gasteiger partial charge < -0.3 is 4.90 Å². The summed E-state index contributed by atoms with van der Waals surface area (Å²) in [6.07, 6.45) is 8.59. The summed E-state index contributed by atoms with van der Waals surface area (Å²) in [5.41, 5.74) is 2.04. The molecule has 0 aliphatic carbocycles. The predicted octanol–water partition coefficient (Wildman–Crippen LogP) is 0.735. The number of carbonyl (C=O) groups is 1. The van der Waals surface area contributed by atoms with E-state index in [1.165, 1.54) is 0 Å². The molecule has 0 bridgehead atoms. The molecule has 0 saturated carbocycles. The fourth-order valence-corrected chi connectivity index (χ4v) is 2.08. The highest BCUT2D eigenvalue weighted by molar-refractivity contribution is 5.99. The first-order chi connectivity index (χ1) is 9.65. The summed E-state index contributed by atoms with van der Waals surface area (Å²) < 4.78 is 3.30. The Bertz CT molecular complexity index is 759. The van der Waals surface area contributed by atoms with E-state index < -0.39 is 0 Å². The molecule has 0 saturated heterocycles. The molecule has 1 amide bonds. The molecule has 0 spiro atoms. The Morgan fingerprint density at radius 3 is 2.95 bits per heavy atom. The van der Waals surface area contributed by atoms with Gasteiger partial charge in [0.05, 0.1) is 12.4 Å². The van der Waals surface area contributed by atoms with Gasteiger partial charge in [0.2, 0.25) is 0 Å². The van der Waals surface area contributed by atoms with Gasteiger partial charge in [-0.05, 0) is 6.07 Å². The highest BCUT2D eigenvalue weighted by Gasteiger charge is 2.18. The van der Waals surface area contributed by atoms with Crippen LogP contribution in [-0.4, -0.2) is 42.2 Å². The van der Waals surface area contributed by atoms with E-state index in [1.807, 2.05) is 13.2 Å². The lowest BCUT2D eigenvalue weighted by Crippen LogP contribution is -2.26. The minimum absolute atomic E-state index is 0.109. The Morgan fingerprint density at radius 1 is 1.35 bits per heavy atom. The molecule has 3 heterocycles. The molecule has 3 rings (SSSR count). The zero-order valence-corrected chi connectivity index (χ0v) is 11.3. The molecule has 0 radical (unpaired) electrons. The first kappa shape index (κ1) is 12.3. The van der Waals surface area contributed by atoms with E-state index in [0.29, 0.717) is 17.8 Å². The fourth-order valence-electron chi connectivity index (χ4n) is 2.08. The van der Waals surface area contributed by atoms with Crippen LogP contribution in [0.3, 0.4) is 0 Å². The van der Waals surface area contributed by atoms with Gasteiger partial charge in [0.25, 0.3) is 5.91 Å². The van der Waals surface area contributed by atoms with E-state index in [-0.39, 0.29) is 5.91 Å². The maximum atomic E-state index is 12.4. The number of aromatic nitrogens is 5. The second-order valence-corrected chi connectivity index (χ2v) is 4.63. The lowest BCUT2D eigenvalue weighted by molar-refractivity contribution is 0.0787. The van der Waals surface area contributed by atoms with Crippen molar-refractivity contribution in [2.24, 2.45) is 7.05 Å². The van der Waals surface area contributed by atoms with Crippen molar-refractivity contribution < 1.29 is 4.79 Å². The third kappa shape index (κ3) is 2.13. The Morgan fingerprint density at radius 2 is 2.20 bits per heavy atom. The van der Waals surface area contributed by atoms with Gasteiger partial charge in [0.1, 0.15) is 5.56 Å². The lowest BCUT2D eigenvalue weighted by Gasteiger charge is -2.15. The quantitative estimate of drug-likeness (QED) is 0.703. The van der Waals surface area contributed by atoms with E-state index in [9.17, 15) is 4.79 Å². The molecule has 3 aromatic rings. The number of nitrogens with zero attached hydrogens (tertiary/aromatic N) is 6. The Balaban J connectivity index is 1.84. The standard InChI is InChI=1S/C13H14N6O/c1-17(8-10-6-15-18(2)9-10)13(20)11-7-16-19-5-3-4-14-12(11)19/h3-7,9H,8H2,1-2H3. The minimum Gasteiger partial charge on any atom is -0.337 e. The summed E-state index contributed by atoms with van der Waals surface area (Å²) >= 11 is 0. The summed E-state index contributed by atoms with van der Waals surface area (Å²) in [4.78, 5) is 18.3. The van der Waals surface area contributed by atoms with Crippen LogP contribution in [0.25, 0.3) is 5.65 Å². The van der Waals surface area contributed by atoms with Crippen LogP contribution in [0.4, 0.5) is 0 Å². The number of aryl methyl sites for hydroxylation is 1. The van der Waals surface area contributed by atoms with Gasteiger partial charge in [-0.2, -0.15) is 10.2 Å². The van der Waals surface area contributed by atoms with Crippen LogP contribution in [0.1, 0.15) is 15.9 Å². The second kappa shape index (κ2) is 4.76. The van der Waals surface area contributed by atoms with Crippen molar-refractivity contribution in [2.45, 2.75) is 6.54 Å². The average molecular weight is 270 g/mol. The van der Waals surface area contributed by atoms with E-state index in [4.69, 9.17) is 0 Å². The van der Waals surface area contributed by atoms with Gasteiger partial charge in [-0.25, -0.2) is 9.50 Å². The monoisotopic (exact) mass is 270 g/mol.